The normalized spacial score (nSPS) is 11.4. The zero-order valence-electron chi connectivity index (χ0n) is 10.4. The van der Waals surface area contributed by atoms with Crippen LogP contribution in [0.25, 0.3) is 0 Å². The van der Waals surface area contributed by atoms with Crippen molar-refractivity contribution in [1.82, 2.24) is 0 Å². The van der Waals surface area contributed by atoms with Gasteiger partial charge in [-0.2, -0.15) is 5.10 Å². The summed E-state index contributed by atoms with van der Waals surface area (Å²) in [6.45, 7) is 5.39. The van der Waals surface area contributed by atoms with E-state index in [2.05, 4.69) is 16.9 Å². The Hall–Kier alpha value is -2.27. The van der Waals surface area contributed by atoms with E-state index < -0.39 is 0 Å². The van der Waals surface area contributed by atoms with Crippen LogP contribution < -0.4 is 10.9 Å². The topological polar surface area (TPSA) is 67.1 Å². The molecule has 98 valence electrons. The molecule has 1 heterocycles. The molecule has 6 heteroatoms. The van der Waals surface area contributed by atoms with Crippen LogP contribution >= 0.6 is 11.6 Å². The highest BCUT2D eigenvalue weighted by Crippen LogP contribution is 2.24. The Balaban J connectivity index is 2.35. The van der Waals surface area contributed by atoms with Gasteiger partial charge in [0, 0.05) is 11.7 Å². The molecule has 2 rings (SSSR count). The molecule has 0 unspecified atom stereocenters. The third-order valence-corrected chi connectivity index (χ3v) is 2.72. The maximum atomic E-state index is 5.91. The first kappa shape index (κ1) is 13.2. The summed E-state index contributed by atoms with van der Waals surface area (Å²) in [4.78, 5) is 0. The van der Waals surface area contributed by atoms with E-state index in [9.17, 15) is 0 Å². The quantitative estimate of drug-likeness (QED) is 0.530. The van der Waals surface area contributed by atoms with Gasteiger partial charge in [-0.3, -0.25) is 0 Å². The summed E-state index contributed by atoms with van der Waals surface area (Å²) in [5, 5.41) is 9.97. The van der Waals surface area contributed by atoms with Gasteiger partial charge in [-0.05, 0) is 42.8 Å². The number of anilines is 1. The Bertz CT molecular complexity index is 607. The van der Waals surface area contributed by atoms with Gasteiger partial charge in [-0.15, -0.1) is 10.2 Å². The van der Waals surface area contributed by atoms with Gasteiger partial charge >= 0.3 is 0 Å². The second-order valence-corrected chi connectivity index (χ2v) is 4.26. The van der Waals surface area contributed by atoms with Crippen molar-refractivity contribution in [3.63, 3.8) is 0 Å². The minimum absolute atomic E-state index is 0.215. The molecule has 1 aromatic heterocycles. The average molecular weight is 277 g/mol. The van der Waals surface area contributed by atoms with Crippen LogP contribution in [-0.4, -0.2) is 12.6 Å². The van der Waals surface area contributed by atoms with Crippen molar-refractivity contribution in [1.29, 1.82) is 0 Å². The maximum absolute atomic E-state index is 5.91. The Kier molecular flexibility index (Phi) is 3.87. The second-order valence-electron chi connectivity index (χ2n) is 3.82. The standard InChI is InChI=1S/C13H13ClN4O/c1-9-8-10(14)5-6-11(9)18(16-2)17-13(15)12-4-3-7-19-12/h3-8H,2H2,1H3,(H2,15,17). The smallest absolute Gasteiger partial charge is 0.189 e. The summed E-state index contributed by atoms with van der Waals surface area (Å²) >= 11 is 5.91. The van der Waals surface area contributed by atoms with Crippen molar-refractivity contribution in [2.24, 2.45) is 15.9 Å². The molecule has 0 saturated heterocycles. The van der Waals surface area contributed by atoms with Crippen molar-refractivity contribution < 1.29 is 4.42 Å². The first-order chi connectivity index (χ1) is 9.11. The van der Waals surface area contributed by atoms with Gasteiger partial charge in [0.2, 0.25) is 0 Å². The van der Waals surface area contributed by atoms with Gasteiger partial charge in [0.15, 0.2) is 11.6 Å². The summed E-state index contributed by atoms with van der Waals surface area (Å²) in [6.07, 6.45) is 1.52. The van der Waals surface area contributed by atoms with Crippen molar-refractivity contribution in [2.75, 3.05) is 5.12 Å². The number of nitrogens with two attached hydrogens (primary N) is 1. The molecule has 5 nitrogen and oxygen atoms in total. The predicted molar refractivity (Wildman–Crippen MR) is 77.6 cm³/mol. The molecule has 2 N–H and O–H groups in total. The van der Waals surface area contributed by atoms with Crippen molar-refractivity contribution in [3.05, 3.63) is 52.9 Å². The second kappa shape index (κ2) is 5.58. The van der Waals surface area contributed by atoms with E-state index in [1.807, 2.05) is 13.0 Å². The summed E-state index contributed by atoms with van der Waals surface area (Å²) in [7, 11) is 0. The Morgan fingerprint density at radius 1 is 1.42 bits per heavy atom. The number of hydrogen-bond acceptors (Lipinski definition) is 4. The lowest BCUT2D eigenvalue weighted by Crippen LogP contribution is -2.19. The van der Waals surface area contributed by atoms with Crippen molar-refractivity contribution >= 4 is 29.8 Å². The van der Waals surface area contributed by atoms with Crippen LogP contribution in [0.4, 0.5) is 5.69 Å². The third kappa shape index (κ3) is 2.95. The van der Waals surface area contributed by atoms with Crippen LogP contribution in [0.5, 0.6) is 0 Å². The van der Waals surface area contributed by atoms with Crippen molar-refractivity contribution in [3.8, 4) is 0 Å². The first-order valence-electron chi connectivity index (χ1n) is 5.52. The summed E-state index contributed by atoms with van der Waals surface area (Å²) in [6, 6.07) is 8.81. The fourth-order valence-electron chi connectivity index (χ4n) is 1.58. The number of benzene rings is 1. The molecule has 19 heavy (non-hydrogen) atoms. The largest absolute Gasteiger partial charge is 0.461 e. The monoisotopic (exact) mass is 276 g/mol. The molecule has 2 aromatic rings. The van der Waals surface area contributed by atoms with E-state index in [-0.39, 0.29) is 5.84 Å². The van der Waals surface area contributed by atoms with Gasteiger partial charge < -0.3 is 10.2 Å². The highest BCUT2D eigenvalue weighted by molar-refractivity contribution is 6.30. The molecule has 0 aliphatic rings. The van der Waals surface area contributed by atoms with Crippen LogP contribution in [0, 0.1) is 6.92 Å². The van der Waals surface area contributed by atoms with Crippen LogP contribution in [-0.2, 0) is 0 Å². The number of hydrazone groups is 2. The molecular formula is C13H13ClN4O. The fourth-order valence-corrected chi connectivity index (χ4v) is 1.81. The number of nitrogens with zero attached hydrogens (tertiary/aromatic N) is 3. The lowest BCUT2D eigenvalue weighted by molar-refractivity contribution is 0.556. The Morgan fingerprint density at radius 2 is 2.21 bits per heavy atom. The third-order valence-electron chi connectivity index (χ3n) is 2.48. The number of aryl methyl sites for hydroxylation is 1. The number of furan rings is 1. The first-order valence-corrected chi connectivity index (χ1v) is 5.90. The number of rotatable bonds is 4. The minimum Gasteiger partial charge on any atom is -0.461 e. The lowest BCUT2D eigenvalue weighted by atomic mass is 10.2. The van der Waals surface area contributed by atoms with Gasteiger partial charge in [-0.25, -0.2) is 0 Å². The van der Waals surface area contributed by atoms with E-state index in [1.54, 1.807) is 24.3 Å². The lowest BCUT2D eigenvalue weighted by Gasteiger charge is -2.15. The number of hydrogen-bond donors (Lipinski definition) is 1. The molecular weight excluding hydrogens is 264 g/mol. The van der Waals surface area contributed by atoms with E-state index in [0.717, 1.165) is 11.3 Å². The molecule has 0 spiro atoms. The molecule has 0 fully saturated rings. The van der Waals surface area contributed by atoms with Crippen molar-refractivity contribution in [2.45, 2.75) is 6.92 Å². The zero-order chi connectivity index (χ0) is 13.8. The van der Waals surface area contributed by atoms with Crippen LogP contribution in [0.3, 0.4) is 0 Å². The van der Waals surface area contributed by atoms with Gasteiger partial charge in [0.05, 0.1) is 12.0 Å². The Morgan fingerprint density at radius 3 is 2.79 bits per heavy atom. The highest BCUT2D eigenvalue weighted by atomic mass is 35.5. The highest BCUT2D eigenvalue weighted by Gasteiger charge is 2.09. The molecule has 0 bridgehead atoms. The van der Waals surface area contributed by atoms with E-state index >= 15 is 0 Å². The summed E-state index contributed by atoms with van der Waals surface area (Å²) in [5.74, 6) is 0.687. The van der Waals surface area contributed by atoms with Crippen LogP contribution in [0.15, 0.2) is 51.2 Å². The fraction of sp³-hybridized carbons (Fsp3) is 0.0769. The molecule has 0 aliphatic heterocycles. The maximum Gasteiger partial charge on any atom is 0.189 e. The van der Waals surface area contributed by atoms with E-state index in [4.69, 9.17) is 21.8 Å². The SMILES string of the molecule is C=NN(/N=C(\N)c1ccco1)c1ccc(Cl)cc1C. The molecule has 1 aromatic carbocycles. The minimum atomic E-state index is 0.215. The van der Waals surface area contributed by atoms with Crippen LogP contribution in [0.2, 0.25) is 5.02 Å². The molecule has 0 aliphatic carbocycles. The van der Waals surface area contributed by atoms with Gasteiger partial charge in [0.25, 0.3) is 0 Å². The Labute approximate surface area is 116 Å². The van der Waals surface area contributed by atoms with Gasteiger partial charge in [0.1, 0.15) is 0 Å². The summed E-state index contributed by atoms with van der Waals surface area (Å²) < 4.78 is 5.16. The molecule has 0 amide bonds. The van der Waals surface area contributed by atoms with E-state index in [1.165, 1.54) is 11.4 Å². The van der Waals surface area contributed by atoms with E-state index in [0.29, 0.717) is 10.8 Å². The predicted octanol–water partition coefficient (Wildman–Crippen LogP) is 2.98. The molecule has 0 atom stereocenters. The van der Waals surface area contributed by atoms with Gasteiger partial charge in [-0.1, -0.05) is 11.6 Å². The van der Waals surface area contributed by atoms with Crippen LogP contribution in [0.1, 0.15) is 11.3 Å². The molecule has 0 saturated carbocycles. The molecule has 0 radical (unpaired) electrons. The zero-order valence-corrected chi connectivity index (χ0v) is 11.1. The number of amidine groups is 1. The number of halogens is 1. The summed E-state index contributed by atoms with van der Waals surface area (Å²) in [5.41, 5.74) is 7.49. The average Bonchev–Trinajstić information content (AvgIpc) is 2.90.